The van der Waals surface area contributed by atoms with Crippen LogP contribution in [0.1, 0.15) is 19.4 Å². The van der Waals surface area contributed by atoms with E-state index in [0.717, 1.165) is 5.56 Å². The molecule has 0 spiro atoms. The van der Waals surface area contributed by atoms with Gasteiger partial charge >= 0.3 is 5.97 Å². The maximum Gasteiger partial charge on any atom is 0.328 e. The zero-order valence-electron chi connectivity index (χ0n) is 14.0. The molecule has 0 radical (unpaired) electrons. The lowest BCUT2D eigenvalue weighted by molar-refractivity contribution is -0.143. The van der Waals surface area contributed by atoms with Crippen molar-refractivity contribution in [3.63, 3.8) is 0 Å². The van der Waals surface area contributed by atoms with Gasteiger partial charge in [0.05, 0.1) is 12.1 Å². The first kappa shape index (κ1) is 18.3. The lowest BCUT2D eigenvalue weighted by Crippen LogP contribution is -2.45. The fraction of sp³-hybridized carbons (Fsp3) is 0.316. The number of rotatable bonds is 6. The van der Waals surface area contributed by atoms with Gasteiger partial charge in [0, 0.05) is 12.2 Å². The van der Waals surface area contributed by atoms with E-state index in [2.05, 4.69) is 0 Å². The summed E-state index contributed by atoms with van der Waals surface area (Å²) in [4.78, 5) is 14.2. The van der Waals surface area contributed by atoms with Gasteiger partial charge in [0.15, 0.2) is 0 Å². The zero-order valence-corrected chi connectivity index (χ0v) is 14.8. The van der Waals surface area contributed by atoms with Gasteiger partial charge in [-0.2, -0.15) is 0 Å². The van der Waals surface area contributed by atoms with Crippen molar-refractivity contribution in [2.24, 2.45) is 5.92 Å². The molecule has 0 saturated heterocycles. The molecule has 2 aromatic carbocycles. The van der Waals surface area contributed by atoms with Gasteiger partial charge in [-0.3, -0.25) is 0 Å². The molecule has 0 N–H and O–H groups in total. The van der Waals surface area contributed by atoms with E-state index in [1.165, 1.54) is 19.2 Å². The summed E-state index contributed by atoms with van der Waals surface area (Å²) in [6.07, 6.45) is 0. The highest BCUT2D eigenvalue weighted by Gasteiger charge is 2.30. The largest absolute Gasteiger partial charge is 0.467 e. The van der Waals surface area contributed by atoms with E-state index in [0.29, 0.717) is 12.2 Å². The van der Waals surface area contributed by atoms with E-state index in [1.807, 2.05) is 49.1 Å². The highest BCUT2D eigenvalue weighted by molar-refractivity contribution is 6.31. The Morgan fingerprint density at radius 1 is 1.21 bits per heavy atom. The predicted octanol–water partition coefficient (Wildman–Crippen LogP) is 4.68. The van der Waals surface area contributed by atoms with Crippen LogP contribution in [0.5, 0.6) is 0 Å². The van der Waals surface area contributed by atoms with Crippen LogP contribution in [0.15, 0.2) is 48.5 Å². The lowest BCUT2D eigenvalue weighted by Gasteiger charge is -2.34. The van der Waals surface area contributed by atoms with E-state index in [1.54, 1.807) is 6.07 Å². The molecular weight excluding hydrogens is 329 g/mol. The maximum atomic E-state index is 13.5. The molecule has 3 nitrogen and oxygen atoms in total. The Kier molecular flexibility index (Phi) is 6.21. The third-order valence-electron chi connectivity index (χ3n) is 3.84. The summed E-state index contributed by atoms with van der Waals surface area (Å²) in [5, 5.41) is 0.0259. The molecule has 0 saturated carbocycles. The molecule has 0 fully saturated rings. The Bertz CT molecular complexity index is 691. The van der Waals surface area contributed by atoms with Crippen LogP contribution in [0.25, 0.3) is 0 Å². The minimum atomic E-state index is -0.503. The summed E-state index contributed by atoms with van der Waals surface area (Å²) in [5.41, 5.74) is 1.71. The summed E-state index contributed by atoms with van der Waals surface area (Å²) in [6, 6.07) is 13.7. The number of halogens is 2. The van der Waals surface area contributed by atoms with Crippen molar-refractivity contribution in [3.8, 4) is 0 Å². The average Bonchev–Trinajstić information content (AvgIpc) is 2.57. The Hall–Kier alpha value is -2.07. The summed E-state index contributed by atoms with van der Waals surface area (Å²) < 4.78 is 18.5. The first-order valence-corrected chi connectivity index (χ1v) is 8.15. The molecule has 5 heteroatoms. The molecule has 2 aromatic rings. The number of hydrogen-bond acceptors (Lipinski definition) is 3. The molecule has 24 heavy (non-hydrogen) atoms. The fourth-order valence-electron chi connectivity index (χ4n) is 2.67. The molecule has 0 aliphatic rings. The number of methoxy groups -OCH3 is 1. The number of nitrogens with zero attached hydrogens (tertiary/aromatic N) is 1. The minimum absolute atomic E-state index is 0.00462. The van der Waals surface area contributed by atoms with Gasteiger partial charge in [0.1, 0.15) is 11.9 Å². The first-order valence-electron chi connectivity index (χ1n) is 7.77. The van der Waals surface area contributed by atoms with Gasteiger partial charge in [-0.1, -0.05) is 55.8 Å². The van der Waals surface area contributed by atoms with Crippen molar-refractivity contribution in [1.29, 1.82) is 0 Å². The second kappa shape index (κ2) is 8.15. The van der Waals surface area contributed by atoms with Crippen molar-refractivity contribution >= 4 is 23.3 Å². The van der Waals surface area contributed by atoms with Crippen molar-refractivity contribution < 1.29 is 13.9 Å². The molecule has 0 aromatic heterocycles. The summed E-state index contributed by atoms with van der Waals surface area (Å²) in [6.45, 7) is 4.39. The van der Waals surface area contributed by atoms with Gasteiger partial charge < -0.3 is 9.64 Å². The van der Waals surface area contributed by atoms with Crippen LogP contribution in [0.4, 0.5) is 10.1 Å². The summed E-state index contributed by atoms with van der Waals surface area (Å²) >= 11 is 5.94. The summed E-state index contributed by atoms with van der Waals surface area (Å²) in [5.74, 6) is -0.814. The van der Waals surface area contributed by atoms with Crippen LogP contribution in [-0.2, 0) is 16.1 Å². The molecule has 0 aliphatic heterocycles. The maximum absolute atomic E-state index is 13.5. The Labute approximate surface area is 147 Å². The van der Waals surface area contributed by atoms with Crippen molar-refractivity contribution in [2.75, 3.05) is 12.0 Å². The second-order valence-corrected chi connectivity index (χ2v) is 6.33. The number of benzene rings is 2. The Morgan fingerprint density at radius 2 is 1.88 bits per heavy atom. The average molecular weight is 350 g/mol. The van der Waals surface area contributed by atoms with Gasteiger partial charge in [0.2, 0.25) is 0 Å². The quantitative estimate of drug-likeness (QED) is 0.709. The fourth-order valence-corrected chi connectivity index (χ4v) is 2.85. The van der Waals surface area contributed by atoms with Crippen LogP contribution in [0.3, 0.4) is 0 Å². The molecule has 0 aliphatic carbocycles. The molecule has 0 bridgehead atoms. The number of ether oxygens (including phenoxy) is 1. The van der Waals surface area contributed by atoms with Crippen molar-refractivity contribution in [1.82, 2.24) is 0 Å². The lowest BCUT2D eigenvalue weighted by atomic mass is 10.0. The first-order chi connectivity index (χ1) is 11.4. The highest BCUT2D eigenvalue weighted by Crippen LogP contribution is 2.28. The predicted molar refractivity (Wildman–Crippen MR) is 94.7 cm³/mol. The molecule has 1 unspecified atom stereocenters. The Morgan fingerprint density at radius 3 is 2.42 bits per heavy atom. The number of carbonyl (C=O) groups is 1. The number of anilines is 1. The van der Waals surface area contributed by atoms with Crippen LogP contribution < -0.4 is 4.90 Å². The number of hydrogen-bond donors (Lipinski definition) is 0. The van der Waals surface area contributed by atoms with Gasteiger partial charge in [-0.25, -0.2) is 9.18 Å². The third-order valence-corrected chi connectivity index (χ3v) is 4.13. The zero-order chi connectivity index (χ0) is 17.7. The van der Waals surface area contributed by atoms with Crippen molar-refractivity contribution in [2.45, 2.75) is 26.4 Å². The van der Waals surface area contributed by atoms with E-state index < -0.39 is 11.9 Å². The SMILES string of the molecule is COC(=O)C(C(C)C)N(Cc1ccccc1)c1ccc(F)c(Cl)c1. The second-order valence-electron chi connectivity index (χ2n) is 5.92. The van der Waals surface area contributed by atoms with Crippen molar-refractivity contribution in [3.05, 3.63) is 64.9 Å². The van der Waals surface area contributed by atoms with Gasteiger partial charge in [0.25, 0.3) is 0 Å². The van der Waals surface area contributed by atoms with Crippen LogP contribution in [-0.4, -0.2) is 19.1 Å². The van der Waals surface area contributed by atoms with E-state index in [-0.39, 0.29) is 16.9 Å². The topological polar surface area (TPSA) is 29.5 Å². The monoisotopic (exact) mass is 349 g/mol. The standard InChI is InChI=1S/C19H21ClFNO2/c1-13(2)18(19(23)24-3)22(12-14-7-5-4-6-8-14)15-9-10-17(21)16(20)11-15/h4-11,13,18H,12H2,1-3H3. The molecule has 128 valence electrons. The van der Waals surface area contributed by atoms with E-state index in [9.17, 15) is 9.18 Å². The number of esters is 1. The number of carbonyl (C=O) groups excluding carboxylic acids is 1. The molecule has 1 atom stereocenters. The minimum Gasteiger partial charge on any atom is -0.467 e. The molecule has 0 amide bonds. The summed E-state index contributed by atoms with van der Waals surface area (Å²) in [7, 11) is 1.37. The molecular formula is C19H21ClFNO2. The van der Waals surface area contributed by atoms with Gasteiger partial charge in [-0.15, -0.1) is 0 Å². The van der Waals surface area contributed by atoms with Gasteiger partial charge in [-0.05, 0) is 29.7 Å². The Balaban J connectivity index is 2.46. The normalized spacial score (nSPS) is 12.1. The smallest absolute Gasteiger partial charge is 0.328 e. The van der Waals surface area contributed by atoms with E-state index in [4.69, 9.17) is 16.3 Å². The van der Waals surface area contributed by atoms with E-state index >= 15 is 0 Å². The molecule has 0 heterocycles. The van der Waals surface area contributed by atoms with Crippen LogP contribution in [0, 0.1) is 11.7 Å². The van der Waals surface area contributed by atoms with Crippen LogP contribution in [0.2, 0.25) is 5.02 Å². The van der Waals surface area contributed by atoms with Crippen LogP contribution >= 0.6 is 11.6 Å². The third kappa shape index (κ3) is 4.26. The molecule has 2 rings (SSSR count). The highest BCUT2D eigenvalue weighted by atomic mass is 35.5.